The molecule has 0 spiro atoms. The van der Waals surface area contributed by atoms with Crippen molar-refractivity contribution in [3.8, 4) is 11.5 Å². The van der Waals surface area contributed by atoms with Gasteiger partial charge in [0.25, 0.3) is 0 Å². The molecule has 0 unspecified atom stereocenters. The van der Waals surface area contributed by atoms with E-state index >= 15 is 0 Å². The van der Waals surface area contributed by atoms with Gasteiger partial charge < -0.3 is 4.52 Å². The Morgan fingerprint density at radius 3 is 2.68 bits per heavy atom. The molecule has 1 aromatic carbocycles. The zero-order valence-electron chi connectivity index (χ0n) is 15.2. The summed E-state index contributed by atoms with van der Waals surface area (Å²) in [5, 5.41) is 3.98. The number of benzene rings is 1. The Kier molecular flexibility index (Phi) is 4.94. The van der Waals surface area contributed by atoms with E-state index in [9.17, 15) is 12.8 Å². The Labute approximate surface area is 162 Å². The minimum atomic E-state index is -3.20. The summed E-state index contributed by atoms with van der Waals surface area (Å²) < 4.78 is 41.7. The number of rotatable bonds is 5. The highest BCUT2D eigenvalue weighted by Gasteiger charge is 2.31. The zero-order valence-corrected chi connectivity index (χ0v) is 16.1. The van der Waals surface area contributed by atoms with Gasteiger partial charge in [-0.1, -0.05) is 17.3 Å². The second-order valence-electron chi connectivity index (χ2n) is 6.86. The molecule has 0 amide bonds. The molecule has 2 aromatic heterocycles. The monoisotopic (exact) mass is 402 g/mol. The van der Waals surface area contributed by atoms with Gasteiger partial charge in [-0.3, -0.25) is 4.90 Å². The second kappa shape index (κ2) is 7.40. The van der Waals surface area contributed by atoms with Crippen molar-refractivity contribution in [2.75, 3.05) is 12.8 Å². The maximum Gasteiger partial charge on any atom is 0.244 e. The van der Waals surface area contributed by atoms with E-state index in [0.29, 0.717) is 28.8 Å². The predicted octanol–water partition coefficient (Wildman–Crippen LogP) is 3.01. The van der Waals surface area contributed by atoms with Crippen LogP contribution < -0.4 is 0 Å². The van der Waals surface area contributed by atoms with Crippen molar-refractivity contribution in [2.24, 2.45) is 0 Å². The molecule has 3 heterocycles. The van der Waals surface area contributed by atoms with Gasteiger partial charge in [-0.05, 0) is 49.2 Å². The van der Waals surface area contributed by atoms with E-state index in [1.807, 2.05) is 12.1 Å². The van der Waals surface area contributed by atoms with E-state index in [1.54, 1.807) is 12.1 Å². The third kappa shape index (κ3) is 3.95. The van der Waals surface area contributed by atoms with Crippen LogP contribution in [-0.2, 0) is 16.4 Å². The number of pyridine rings is 1. The Bertz CT molecular complexity index is 1070. The van der Waals surface area contributed by atoms with Gasteiger partial charge in [0.2, 0.25) is 11.7 Å². The lowest BCUT2D eigenvalue weighted by atomic mass is 10.2. The van der Waals surface area contributed by atoms with Crippen molar-refractivity contribution < 1.29 is 17.3 Å². The topological polar surface area (TPSA) is 89.2 Å². The van der Waals surface area contributed by atoms with Crippen LogP contribution in [0.25, 0.3) is 11.5 Å². The lowest BCUT2D eigenvalue weighted by molar-refractivity contribution is 0.201. The molecular formula is C19H19FN4O3S. The largest absolute Gasteiger partial charge is 0.337 e. The van der Waals surface area contributed by atoms with E-state index in [0.717, 1.165) is 31.1 Å². The van der Waals surface area contributed by atoms with Gasteiger partial charge in [0.15, 0.2) is 9.84 Å². The standard InChI is InChI=1S/C19H19FN4O3S/c1-28(25,26)15-7-4-13(5-8-15)12-24-10-2-3-17(24)19-22-18(23-27-19)16-9-6-14(20)11-21-16/h4-9,11,17H,2-3,10,12H2,1H3/t17-/m0/s1. The smallest absolute Gasteiger partial charge is 0.244 e. The van der Waals surface area contributed by atoms with E-state index in [-0.39, 0.29) is 6.04 Å². The molecule has 1 saturated heterocycles. The summed E-state index contributed by atoms with van der Waals surface area (Å²) >= 11 is 0. The Morgan fingerprint density at radius 1 is 1.21 bits per heavy atom. The Morgan fingerprint density at radius 2 is 2.00 bits per heavy atom. The van der Waals surface area contributed by atoms with Gasteiger partial charge in [-0.2, -0.15) is 4.98 Å². The normalized spacial score (nSPS) is 17.9. The van der Waals surface area contributed by atoms with Gasteiger partial charge in [-0.15, -0.1) is 0 Å². The molecule has 0 N–H and O–H groups in total. The van der Waals surface area contributed by atoms with Crippen LogP contribution in [0.15, 0.2) is 52.0 Å². The third-order valence-corrected chi connectivity index (χ3v) is 5.91. The van der Waals surface area contributed by atoms with Crippen molar-refractivity contribution >= 4 is 9.84 Å². The Balaban J connectivity index is 1.50. The van der Waals surface area contributed by atoms with E-state index in [4.69, 9.17) is 4.52 Å². The molecule has 1 fully saturated rings. The predicted molar refractivity (Wildman–Crippen MR) is 99.4 cm³/mol. The zero-order chi connectivity index (χ0) is 19.7. The average molecular weight is 402 g/mol. The second-order valence-corrected chi connectivity index (χ2v) is 8.88. The van der Waals surface area contributed by atoms with Gasteiger partial charge in [0, 0.05) is 12.8 Å². The molecule has 0 saturated carbocycles. The van der Waals surface area contributed by atoms with Gasteiger partial charge in [0.1, 0.15) is 11.5 Å². The van der Waals surface area contributed by atoms with E-state index in [2.05, 4.69) is 20.0 Å². The highest BCUT2D eigenvalue weighted by molar-refractivity contribution is 7.90. The van der Waals surface area contributed by atoms with Gasteiger partial charge in [-0.25, -0.2) is 17.8 Å². The molecular weight excluding hydrogens is 383 g/mol. The molecule has 3 aromatic rings. The minimum absolute atomic E-state index is 0.0173. The molecule has 146 valence electrons. The van der Waals surface area contributed by atoms with Crippen LogP contribution in [0.4, 0.5) is 4.39 Å². The van der Waals surface area contributed by atoms with Crippen molar-refractivity contribution in [2.45, 2.75) is 30.3 Å². The molecule has 0 bridgehead atoms. The first-order valence-corrected chi connectivity index (χ1v) is 10.8. The summed E-state index contributed by atoms with van der Waals surface area (Å²) in [4.78, 5) is 11.0. The van der Waals surface area contributed by atoms with Crippen molar-refractivity contribution in [1.29, 1.82) is 0 Å². The fraction of sp³-hybridized carbons (Fsp3) is 0.316. The maximum atomic E-state index is 13.0. The molecule has 0 radical (unpaired) electrons. The van der Waals surface area contributed by atoms with Crippen LogP contribution in [-0.4, -0.2) is 41.2 Å². The fourth-order valence-electron chi connectivity index (χ4n) is 3.35. The van der Waals surface area contributed by atoms with Crippen LogP contribution in [0.1, 0.15) is 30.3 Å². The fourth-order valence-corrected chi connectivity index (χ4v) is 3.98. The van der Waals surface area contributed by atoms with Crippen LogP contribution >= 0.6 is 0 Å². The number of nitrogens with zero attached hydrogens (tertiary/aromatic N) is 4. The summed E-state index contributed by atoms with van der Waals surface area (Å²) in [6, 6.07) is 9.71. The minimum Gasteiger partial charge on any atom is -0.337 e. The van der Waals surface area contributed by atoms with Crippen molar-refractivity contribution in [1.82, 2.24) is 20.0 Å². The lowest BCUT2D eigenvalue weighted by Crippen LogP contribution is -2.23. The van der Waals surface area contributed by atoms with Crippen molar-refractivity contribution in [3.63, 3.8) is 0 Å². The van der Waals surface area contributed by atoms with Crippen LogP contribution in [0, 0.1) is 5.82 Å². The van der Waals surface area contributed by atoms with E-state index in [1.165, 1.54) is 18.4 Å². The van der Waals surface area contributed by atoms with Crippen LogP contribution in [0.3, 0.4) is 0 Å². The molecule has 1 atom stereocenters. The molecule has 7 nitrogen and oxygen atoms in total. The molecule has 9 heteroatoms. The number of sulfone groups is 1. The summed E-state index contributed by atoms with van der Waals surface area (Å²) in [5.74, 6) is 0.419. The van der Waals surface area contributed by atoms with E-state index < -0.39 is 15.7 Å². The SMILES string of the molecule is CS(=O)(=O)c1ccc(CN2CCC[C@H]2c2nc(-c3ccc(F)cn3)no2)cc1. The molecule has 4 rings (SSSR count). The first-order valence-electron chi connectivity index (χ1n) is 8.89. The molecule has 28 heavy (non-hydrogen) atoms. The molecule has 1 aliphatic rings. The average Bonchev–Trinajstić information content (AvgIpc) is 3.31. The number of hydrogen-bond donors (Lipinski definition) is 0. The highest BCUT2D eigenvalue weighted by atomic mass is 32.2. The maximum absolute atomic E-state index is 13.0. The quantitative estimate of drug-likeness (QED) is 0.648. The summed E-state index contributed by atoms with van der Waals surface area (Å²) in [6.45, 7) is 1.53. The Hall–Kier alpha value is -2.65. The number of aromatic nitrogens is 3. The first-order chi connectivity index (χ1) is 13.4. The summed E-state index contributed by atoms with van der Waals surface area (Å²) in [5.41, 5.74) is 1.47. The van der Waals surface area contributed by atoms with Crippen LogP contribution in [0.5, 0.6) is 0 Å². The lowest BCUT2D eigenvalue weighted by Gasteiger charge is -2.21. The highest BCUT2D eigenvalue weighted by Crippen LogP contribution is 2.33. The molecule has 1 aliphatic heterocycles. The van der Waals surface area contributed by atoms with Gasteiger partial charge >= 0.3 is 0 Å². The summed E-state index contributed by atoms with van der Waals surface area (Å²) in [7, 11) is -3.20. The number of likely N-dealkylation sites (tertiary alicyclic amines) is 1. The first kappa shape index (κ1) is 18.7. The van der Waals surface area contributed by atoms with Gasteiger partial charge in [0.05, 0.1) is 17.1 Å². The van der Waals surface area contributed by atoms with Crippen LogP contribution in [0.2, 0.25) is 0 Å². The number of halogens is 1. The number of hydrogen-bond acceptors (Lipinski definition) is 7. The van der Waals surface area contributed by atoms with Crippen molar-refractivity contribution in [3.05, 3.63) is 59.9 Å². The summed E-state index contributed by atoms with van der Waals surface area (Å²) in [6.07, 6.45) is 4.20. The molecule has 0 aliphatic carbocycles. The third-order valence-electron chi connectivity index (χ3n) is 4.78.